The van der Waals surface area contributed by atoms with Crippen molar-refractivity contribution in [2.45, 2.75) is 19.3 Å². The highest BCUT2D eigenvalue weighted by Gasteiger charge is 2.48. The summed E-state index contributed by atoms with van der Waals surface area (Å²) >= 11 is 0. The molecule has 1 atom stereocenters. The van der Waals surface area contributed by atoms with Crippen LogP contribution in [0.4, 0.5) is 0 Å². The molecule has 2 aliphatic heterocycles. The van der Waals surface area contributed by atoms with Crippen molar-refractivity contribution < 1.29 is 17.9 Å². The summed E-state index contributed by atoms with van der Waals surface area (Å²) in [5.41, 5.74) is -0.272. The van der Waals surface area contributed by atoms with Crippen LogP contribution in [0.25, 0.3) is 0 Å². The van der Waals surface area contributed by atoms with Crippen LogP contribution in [0, 0.1) is 16.7 Å². The Morgan fingerprint density at radius 3 is 2.86 bits per heavy atom. The van der Waals surface area contributed by atoms with Gasteiger partial charge in [-0.05, 0) is 6.42 Å². The summed E-state index contributed by atoms with van der Waals surface area (Å²) in [5.74, 6) is -0.0139. The molecule has 0 aliphatic carbocycles. The van der Waals surface area contributed by atoms with Crippen molar-refractivity contribution in [3.05, 3.63) is 0 Å². The van der Waals surface area contributed by atoms with E-state index in [2.05, 4.69) is 5.32 Å². The van der Waals surface area contributed by atoms with Gasteiger partial charge >= 0.3 is 0 Å². The number of hydrogen-bond acceptors (Lipinski definition) is 5. The minimum atomic E-state index is -3.63. The molecule has 0 aromatic heterocycles. The molecule has 0 aromatic rings. The van der Waals surface area contributed by atoms with Crippen LogP contribution in [0.1, 0.15) is 19.3 Å². The molecule has 2 aliphatic rings. The summed E-state index contributed by atoms with van der Waals surface area (Å²) in [5, 5.41) is 11.5. The maximum Gasteiger partial charge on any atom is 0.282 e. The molecule has 1 spiro atoms. The van der Waals surface area contributed by atoms with E-state index in [4.69, 9.17) is 10.00 Å². The highest BCUT2D eigenvalue weighted by atomic mass is 32.2. The van der Waals surface area contributed by atoms with Crippen LogP contribution in [0.2, 0.25) is 0 Å². The van der Waals surface area contributed by atoms with Gasteiger partial charge in [-0.25, -0.2) is 0 Å². The van der Waals surface area contributed by atoms with E-state index in [0.717, 1.165) is 0 Å². The Balaban J connectivity index is 2.07. The number of nitriles is 1. The molecule has 22 heavy (non-hydrogen) atoms. The molecule has 8 nitrogen and oxygen atoms in total. The molecular formula is C13H22N4O4S. The highest BCUT2D eigenvalue weighted by molar-refractivity contribution is 7.86. The summed E-state index contributed by atoms with van der Waals surface area (Å²) in [4.78, 5) is 11.4. The molecule has 9 heteroatoms. The van der Waals surface area contributed by atoms with E-state index in [9.17, 15) is 13.2 Å². The number of amides is 1. The molecule has 0 unspecified atom stereocenters. The van der Waals surface area contributed by atoms with Crippen molar-refractivity contribution >= 4 is 16.1 Å². The molecule has 0 radical (unpaired) electrons. The van der Waals surface area contributed by atoms with Gasteiger partial charge in [0.05, 0.1) is 12.7 Å². The number of methoxy groups -OCH3 is 1. The van der Waals surface area contributed by atoms with E-state index in [1.54, 1.807) is 0 Å². The monoisotopic (exact) mass is 330 g/mol. The van der Waals surface area contributed by atoms with Crippen LogP contribution in [-0.4, -0.2) is 69.4 Å². The Labute approximate surface area is 131 Å². The van der Waals surface area contributed by atoms with E-state index >= 15 is 0 Å². The minimum Gasteiger partial charge on any atom is -0.383 e. The van der Waals surface area contributed by atoms with Crippen LogP contribution in [0.5, 0.6) is 0 Å². The number of carbonyl (C=O) groups excluding carboxylic acids is 1. The quantitative estimate of drug-likeness (QED) is 0.665. The van der Waals surface area contributed by atoms with Gasteiger partial charge in [0.15, 0.2) is 0 Å². The van der Waals surface area contributed by atoms with Crippen LogP contribution in [0.3, 0.4) is 0 Å². The van der Waals surface area contributed by atoms with Gasteiger partial charge < -0.3 is 10.1 Å². The molecule has 2 fully saturated rings. The lowest BCUT2D eigenvalue weighted by Crippen LogP contribution is -2.45. The van der Waals surface area contributed by atoms with Gasteiger partial charge in [-0.2, -0.15) is 22.3 Å². The third-order valence-electron chi connectivity index (χ3n) is 4.27. The largest absolute Gasteiger partial charge is 0.383 e. The summed E-state index contributed by atoms with van der Waals surface area (Å²) in [7, 11) is -2.12. The third-order valence-corrected chi connectivity index (χ3v) is 6.25. The molecule has 0 aromatic carbocycles. The molecule has 2 rings (SSSR count). The van der Waals surface area contributed by atoms with E-state index in [0.29, 0.717) is 32.5 Å². The number of hydrogen-bond donors (Lipinski definition) is 1. The van der Waals surface area contributed by atoms with Crippen LogP contribution < -0.4 is 5.32 Å². The van der Waals surface area contributed by atoms with Crippen molar-refractivity contribution in [1.29, 1.82) is 5.26 Å². The first kappa shape index (κ1) is 17.1. The first-order chi connectivity index (χ1) is 10.4. The molecule has 0 bridgehead atoms. The van der Waals surface area contributed by atoms with Gasteiger partial charge in [0.1, 0.15) is 0 Å². The fourth-order valence-corrected chi connectivity index (χ4v) is 4.72. The van der Waals surface area contributed by atoms with Gasteiger partial charge in [0.25, 0.3) is 10.2 Å². The number of nitrogens with zero attached hydrogens (tertiary/aromatic N) is 3. The van der Waals surface area contributed by atoms with Gasteiger partial charge in [-0.1, -0.05) is 0 Å². The summed E-state index contributed by atoms with van der Waals surface area (Å²) < 4.78 is 33.2. The van der Waals surface area contributed by atoms with Crippen LogP contribution in [-0.2, 0) is 19.7 Å². The zero-order chi connectivity index (χ0) is 16.2. The van der Waals surface area contributed by atoms with Crippen LogP contribution in [0.15, 0.2) is 0 Å². The van der Waals surface area contributed by atoms with Crippen molar-refractivity contribution in [3.8, 4) is 6.07 Å². The van der Waals surface area contributed by atoms with Crippen LogP contribution >= 0.6 is 0 Å². The Morgan fingerprint density at radius 2 is 2.27 bits per heavy atom. The topological polar surface area (TPSA) is 103 Å². The Bertz CT molecular complexity index is 559. The van der Waals surface area contributed by atoms with E-state index in [1.165, 1.54) is 15.7 Å². The van der Waals surface area contributed by atoms with E-state index in [-0.39, 0.29) is 37.4 Å². The average Bonchev–Trinajstić information content (AvgIpc) is 3.06. The first-order valence-electron chi connectivity index (χ1n) is 7.31. The Kier molecular flexibility index (Phi) is 5.39. The SMILES string of the molecule is COCCN(CCC#N)S(=O)(=O)N1CC[C@@]2(CNC(=O)C2)C1. The fraction of sp³-hybridized carbons (Fsp3) is 0.846. The van der Waals surface area contributed by atoms with Gasteiger partial charge in [-0.3, -0.25) is 4.79 Å². The molecule has 124 valence electrons. The minimum absolute atomic E-state index is 0.0139. The Hall–Kier alpha value is -1.21. The highest BCUT2D eigenvalue weighted by Crippen LogP contribution is 2.38. The normalized spacial score (nSPS) is 25.8. The van der Waals surface area contributed by atoms with Crippen molar-refractivity contribution in [2.24, 2.45) is 5.41 Å². The first-order valence-corrected chi connectivity index (χ1v) is 8.71. The number of carbonyl (C=O) groups is 1. The second-order valence-corrected chi connectivity index (χ2v) is 7.77. The molecule has 1 N–H and O–H groups in total. The van der Waals surface area contributed by atoms with E-state index < -0.39 is 10.2 Å². The predicted octanol–water partition coefficient (Wildman–Crippen LogP) is -0.695. The average molecular weight is 330 g/mol. The van der Waals surface area contributed by atoms with Gasteiger partial charge in [0.2, 0.25) is 5.91 Å². The van der Waals surface area contributed by atoms with Crippen molar-refractivity contribution in [1.82, 2.24) is 13.9 Å². The standard InChI is InChI=1S/C13H22N4O4S/c1-21-8-7-16(5-2-4-14)22(19,20)17-6-3-13(11-17)9-12(18)15-10-13/h2-3,5-11H2,1H3,(H,15,18)/t13-/m1/s1. The third kappa shape index (κ3) is 3.57. The predicted molar refractivity (Wildman–Crippen MR) is 78.8 cm³/mol. The summed E-state index contributed by atoms with van der Waals surface area (Å²) in [6.07, 6.45) is 1.21. The van der Waals surface area contributed by atoms with Crippen molar-refractivity contribution in [3.63, 3.8) is 0 Å². The number of rotatable bonds is 7. The lowest BCUT2D eigenvalue weighted by Gasteiger charge is -2.28. The van der Waals surface area contributed by atoms with Gasteiger partial charge in [-0.15, -0.1) is 0 Å². The maximum absolute atomic E-state index is 12.7. The lowest BCUT2D eigenvalue weighted by molar-refractivity contribution is -0.119. The molecule has 1 amide bonds. The second kappa shape index (κ2) is 6.91. The number of nitrogens with one attached hydrogen (secondary N) is 1. The Morgan fingerprint density at radius 1 is 1.50 bits per heavy atom. The van der Waals surface area contributed by atoms with Gasteiger partial charge in [0, 0.05) is 58.1 Å². The van der Waals surface area contributed by atoms with Crippen molar-refractivity contribution in [2.75, 3.05) is 46.4 Å². The second-order valence-electron chi connectivity index (χ2n) is 5.84. The summed E-state index contributed by atoms with van der Waals surface area (Å²) in [6, 6.07) is 1.97. The zero-order valence-electron chi connectivity index (χ0n) is 12.7. The molecule has 2 saturated heterocycles. The molecule has 2 heterocycles. The summed E-state index contributed by atoms with van der Waals surface area (Å²) in [6.45, 7) is 1.96. The maximum atomic E-state index is 12.7. The molecule has 0 saturated carbocycles. The zero-order valence-corrected chi connectivity index (χ0v) is 13.6. The van der Waals surface area contributed by atoms with E-state index in [1.807, 2.05) is 6.07 Å². The number of ether oxygens (including phenoxy) is 1. The lowest BCUT2D eigenvalue weighted by atomic mass is 9.86. The smallest absolute Gasteiger partial charge is 0.282 e. The molecular weight excluding hydrogens is 308 g/mol. The fourth-order valence-electron chi connectivity index (χ4n) is 3.00.